The first-order valence-corrected chi connectivity index (χ1v) is 4.71. The first kappa shape index (κ1) is 8.69. The molecule has 2 rings (SSSR count). The number of rotatable bonds is 1. The molecule has 0 bridgehead atoms. The lowest BCUT2D eigenvalue weighted by Crippen LogP contribution is -2.33. The van der Waals surface area contributed by atoms with Crippen LogP contribution in [-0.4, -0.2) is 43.3 Å². The van der Waals surface area contributed by atoms with Crippen molar-refractivity contribution < 1.29 is 9.59 Å². The molecule has 1 unspecified atom stereocenters. The smallest absolute Gasteiger partial charge is 0.286 e. The van der Waals surface area contributed by atoms with Crippen LogP contribution in [0.25, 0.3) is 0 Å². The van der Waals surface area contributed by atoms with Gasteiger partial charge < -0.3 is 10.2 Å². The Bertz CT molecular complexity index is 234. The number of carbonyl (C=O) groups is 2. The molecule has 1 atom stereocenters. The molecule has 0 radical (unpaired) electrons. The van der Waals surface area contributed by atoms with Crippen molar-refractivity contribution >= 4 is 12.2 Å². The summed E-state index contributed by atoms with van der Waals surface area (Å²) in [4.78, 5) is 23.0. The molecule has 1 spiro atoms. The molecular formula is C9H14N2O2. The summed E-state index contributed by atoms with van der Waals surface area (Å²) >= 11 is 0. The predicted molar refractivity (Wildman–Crippen MR) is 47.2 cm³/mol. The molecule has 13 heavy (non-hydrogen) atoms. The van der Waals surface area contributed by atoms with E-state index in [0.717, 1.165) is 39.0 Å². The van der Waals surface area contributed by atoms with Crippen molar-refractivity contribution in [1.82, 2.24) is 10.2 Å². The molecule has 2 aliphatic rings. The highest BCUT2D eigenvalue weighted by molar-refractivity contribution is 6.23. The zero-order valence-electron chi connectivity index (χ0n) is 7.58. The van der Waals surface area contributed by atoms with E-state index >= 15 is 0 Å². The molecule has 2 aliphatic heterocycles. The van der Waals surface area contributed by atoms with Gasteiger partial charge in [-0.15, -0.1) is 0 Å². The van der Waals surface area contributed by atoms with Crippen molar-refractivity contribution in [2.75, 3.05) is 26.2 Å². The van der Waals surface area contributed by atoms with Gasteiger partial charge in [-0.2, -0.15) is 0 Å². The largest absolute Gasteiger partial charge is 0.336 e. The van der Waals surface area contributed by atoms with Gasteiger partial charge in [0.15, 0.2) is 0 Å². The highest BCUT2D eigenvalue weighted by Crippen LogP contribution is 2.35. The second-order valence-electron chi connectivity index (χ2n) is 4.05. The van der Waals surface area contributed by atoms with E-state index in [2.05, 4.69) is 5.32 Å². The Morgan fingerprint density at radius 3 is 2.92 bits per heavy atom. The lowest BCUT2D eigenvalue weighted by atomic mass is 9.87. The van der Waals surface area contributed by atoms with Crippen LogP contribution >= 0.6 is 0 Å². The standard InChI is InChI=1S/C9H14N2O2/c12-5-8(13)11-4-2-9(7-11)1-3-10-6-9/h5,10H,1-4,6-7H2. The van der Waals surface area contributed by atoms with Gasteiger partial charge in [-0.1, -0.05) is 0 Å². The molecule has 1 N–H and O–H groups in total. The number of nitrogens with one attached hydrogen (secondary N) is 1. The summed E-state index contributed by atoms with van der Waals surface area (Å²) in [6.45, 7) is 3.55. The lowest BCUT2D eigenvalue weighted by Gasteiger charge is -2.21. The molecule has 2 saturated heterocycles. The van der Waals surface area contributed by atoms with Gasteiger partial charge in [-0.25, -0.2) is 0 Å². The average Bonchev–Trinajstić information content (AvgIpc) is 2.76. The Morgan fingerprint density at radius 1 is 1.46 bits per heavy atom. The van der Waals surface area contributed by atoms with Crippen molar-refractivity contribution in [2.24, 2.45) is 5.41 Å². The van der Waals surface area contributed by atoms with E-state index in [9.17, 15) is 9.59 Å². The van der Waals surface area contributed by atoms with Gasteiger partial charge in [0, 0.05) is 25.0 Å². The van der Waals surface area contributed by atoms with Crippen LogP contribution < -0.4 is 5.32 Å². The van der Waals surface area contributed by atoms with E-state index in [4.69, 9.17) is 0 Å². The minimum Gasteiger partial charge on any atom is -0.336 e. The topological polar surface area (TPSA) is 49.4 Å². The molecule has 0 aliphatic carbocycles. The van der Waals surface area contributed by atoms with Crippen LogP contribution in [0.3, 0.4) is 0 Å². The number of carbonyl (C=O) groups excluding carboxylic acids is 2. The molecule has 2 heterocycles. The van der Waals surface area contributed by atoms with E-state index < -0.39 is 0 Å². The molecule has 0 aromatic heterocycles. The van der Waals surface area contributed by atoms with Crippen LogP contribution in [0.1, 0.15) is 12.8 Å². The van der Waals surface area contributed by atoms with Crippen LogP contribution in [0.2, 0.25) is 0 Å². The lowest BCUT2D eigenvalue weighted by molar-refractivity contribution is -0.138. The van der Waals surface area contributed by atoms with Gasteiger partial charge >= 0.3 is 0 Å². The summed E-state index contributed by atoms with van der Waals surface area (Å²) in [5.41, 5.74) is 0.276. The Morgan fingerprint density at radius 2 is 2.31 bits per heavy atom. The van der Waals surface area contributed by atoms with Crippen molar-refractivity contribution in [3.8, 4) is 0 Å². The summed E-state index contributed by atoms with van der Waals surface area (Å²) < 4.78 is 0. The van der Waals surface area contributed by atoms with Crippen LogP contribution in [0.5, 0.6) is 0 Å². The van der Waals surface area contributed by atoms with Gasteiger partial charge in [0.25, 0.3) is 5.91 Å². The van der Waals surface area contributed by atoms with E-state index in [1.165, 1.54) is 0 Å². The van der Waals surface area contributed by atoms with Gasteiger partial charge in [-0.05, 0) is 19.4 Å². The Balaban J connectivity index is 2.00. The monoisotopic (exact) mass is 182 g/mol. The fourth-order valence-electron chi connectivity index (χ4n) is 2.34. The highest BCUT2D eigenvalue weighted by atomic mass is 16.2. The van der Waals surface area contributed by atoms with Crippen LogP contribution in [-0.2, 0) is 9.59 Å². The number of aldehydes is 1. The molecule has 4 heteroatoms. The maximum absolute atomic E-state index is 11.1. The number of amides is 1. The van der Waals surface area contributed by atoms with E-state index in [1.807, 2.05) is 0 Å². The molecule has 0 aromatic rings. The van der Waals surface area contributed by atoms with Crippen molar-refractivity contribution in [1.29, 1.82) is 0 Å². The van der Waals surface area contributed by atoms with E-state index in [1.54, 1.807) is 4.90 Å². The second kappa shape index (κ2) is 3.10. The summed E-state index contributed by atoms with van der Waals surface area (Å²) in [5.74, 6) is -0.358. The molecule has 0 saturated carbocycles. The maximum atomic E-state index is 11.1. The Hall–Kier alpha value is -0.900. The molecule has 1 amide bonds. The SMILES string of the molecule is O=CC(=O)N1CCC2(CCNC2)C1. The average molecular weight is 182 g/mol. The quantitative estimate of drug-likeness (QED) is 0.435. The number of likely N-dealkylation sites (tertiary alicyclic amines) is 1. The molecule has 72 valence electrons. The minimum absolute atomic E-state index is 0.276. The molecular weight excluding hydrogens is 168 g/mol. The normalized spacial score (nSPS) is 32.8. The zero-order chi connectivity index (χ0) is 9.31. The molecule has 4 nitrogen and oxygen atoms in total. The van der Waals surface area contributed by atoms with Crippen LogP contribution in [0.4, 0.5) is 0 Å². The zero-order valence-corrected chi connectivity index (χ0v) is 7.58. The number of hydrogen-bond donors (Lipinski definition) is 1. The number of nitrogens with zero attached hydrogens (tertiary/aromatic N) is 1. The summed E-state index contributed by atoms with van der Waals surface area (Å²) in [6, 6.07) is 0. The van der Waals surface area contributed by atoms with Crippen molar-refractivity contribution in [3.63, 3.8) is 0 Å². The predicted octanol–water partition coefficient (Wildman–Crippen LogP) is -0.603. The first-order valence-electron chi connectivity index (χ1n) is 4.71. The summed E-state index contributed by atoms with van der Waals surface area (Å²) in [6.07, 6.45) is 2.59. The van der Waals surface area contributed by atoms with Gasteiger partial charge in [-0.3, -0.25) is 9.59 Å². The third-order valence-corrected chi connectivity index (χ3v) is 3.18. The molecule has 0 aromatic carbocycles. The third-order valence-electron chi connectivity index (χ3n) is 3.18. The number of hydrogen-bond acceptors (Lipinski definition) is 3. The minimum atomic E-state index is -0.358. The van der Waals surface area contributed by atoms with Gasteiger partial charge in [0.05, 0.1) is 0 Å². The van der Waals surface area contributed by atoms with Crippen LogP contribution in [0.15, 0.2) is 0 Å². The second-order valence-corrected chi connectivity index (χ2v) is 4.05. The fourth-order valence-corrected chi connectivity index (χ4v) is 2.34. The first-order chi connectivity index (χ1) is 6.26. The maximum Gasteiger partial charge on any atom is 0.286 e. The third kappa shape index (κ3) is 1.46. The summed E-state index contributed by atoms with van der Waals surface area (Å²) in [7, 11) is 0. The highest BCUT2D eigenvalue weighted by Gasteiger charge is 2.41. The Labute approximate surface area is 77.3 Å². The fraction of sp³-hybridized carbons (Fsp3) is 0.778. The van der Waals surface area contributed by atoms with Gasteiger partial charge in [0.2, 0.25) is 6.29 Å². The van der Waals surface area contributed by atoms with E-state index in [0.29, 0.717) is 6.29 Å². The van der Waals surface area contributed by atoms with Crippen LogP contribution in [0, 0.1) is 5.41 Å². The van der Waals surface area contributed by atoms with Crippen molar-refractivity contribution in [2.45, 2.75) is 12.8 Å². The van der Waals surface area contributed by atoms with Crippen molar-refractivity contribution in [3.05, 3.63) is 0 Å². The van der Waals surface area contributed by atoms with E-state index in [-0.39, 0.29) is 11.3 Å². The molecule has 2 fully saturated rings. The Kier molecular flexibility index (Phi) is 2.07. The summed E-state index contributed by atoms with van der Waals surface area (Å²) in [5, 5.41) is 3.31. The van der Waals surface area contributed by atoms with Gasteiger partial charge in [0.1, 0.15) is 0 Å².